The molecule has 0 saturated carbocycles. The summed E-state index contributed by atoms with van der Waals surface area (Å²) in [5.41, 5.74) is 7.09. The van der Waals surface area contributed by atoms with Crippen LogP contribution in [0.5, 0.6) is 0 Å². The van der Waals surface area contributed by atoms with Crippen molar-refractivity contribution in [2.45, 2.75) is 31.2 Å². The van der Waals surface area contributed by atoms with Gasteiger partial charge in [0.15, 0.2) is 5.16 Å². The van der Waals surface area contributed by atoms with E-state index in [2.05, 4.69) is 20.6 Å². The van der Waals surface area contributed by atoms with Crippen LogP contribution in [0.15, 0.2) is 5.16 Å². The molecule has 9 heteroatoms. The predicted octanol–water partition coefficient (Wildman–Crippen LogP) is 1.83. The van der Waals surface area contributed by atoms with Crippen molar-refractivity contribution in [2.24, 2.45) is 0 Å². The van der Waals surface area contributed by atoms with Crippen molar-refractivity contribution in [1.29, 1.82) is 0 Å². The number of carbonyl (C=O) groups excluding carboxylic acids is 2. The molecule has 22 heavy (non-hydrogen) atoms. The molecule has 0 bridgehead atoms. The fourth-order valence-corrected chi connectivity index (χ4v) is 3.67. The second kappa shape index (κ2) is 6.49. The third kappa shape index (κ3) is 3.30. The summed E-state index contributed by atoms with van der Waals surface area (Å²) >= 11 is 2.71. The number of nitrogens with one attached hydrogen (secondary N) is 2. The van der Waals surface area contributed by atoms with Crippen LogP contribution < -0.4 is 16.4 Å². The van der Waals surface area contributed by atoms with Crippen LogP contribution in [0.3, 0.4) is 0 Å². The number of thiophene rings is 1. The number of nitrogens with zero attached hydrogens (tertiary/aromatic N) is 2. The quantitative estimate of drug-likeness (QED) is 0.581. The zero-order chi connectivity index (χ0) is 16.4. The standard InChI is InChI=1S/C13H17N5O2S2/c1-5-6(2)21-11-8(5)9(14)16-13(18-11)22-7(3)10(19)17-12(20)15-4/h7H,1-4H3,(H2,14,16,18)(H2,15,17,19,20)/t7-/m0/s1. The molecular formula is C13H17N5O2S2. The Morgan fingerprint density at radius 1 is 1.32 bits per heavy atom. The number of anilines is 1. The van der Waals surface area contributed by atoms with E-state index < -0.39 is 17.2 Å². The van der Waals surface area contributed by atoms with Crippen molar-refractivity contribution in [1.82, 2.24) is 20.6 Å². The number of amides is 3. The molecule has 0 aliphatic heterocycles. The predicted molar refractivity (Wildman–Crippen MR) is 89.2 cm³/mol. The minimum absolute atomic E-state index is 0.410. The maximum atomic E-state index is 11.8. The smallest absolute Gasteiger partial charge is 0.321 e. The summed E-state index contributed by atoms with van der Waals surface area (Å²) in [6.45, 7) is 5.67. The second-order valence-corrected chi connectivity index (χ2v) is 7.19. The Morgan fingerprint density at radius 2 is 2.00 bits per heavy atom. The number of hydrogen-bond acceptors (Lipinski definition) is 7. The number of rotatable bonds is 3. The number of thioether (sulfide) groups is 1. The second-order valence-electron chi connectivity index (χ2n) is 4.68. The van der Waals surface area contributed by atoms with Crippen molar-refractivity contribution in [2.75, 3.05) is 12.8 Å². The molecule has 0 saturated heterocycles. The lowest BCUT2D eigenvalue weighted by Crippen LogP contribution is -2.41. The van der Waals surface area contributed by atoms with Gasteiger partial charge in [-0.1, -0.05) is 11.8 Å². The van der Waals surface area contributed by atoms with Gasteiger partial charge in [0.2, 0.25) is 5.91 Å². The summed E-state index contributed by atoms with van der Waals surface area (Å²) < 4.78 is 0. The van der Waals surface area contributed by atoms with Gasteiger partial charge in [-0.3, -0.25) is 10.1 Å². The first-order valence-electron chi connectivity index (χ1n) is 6.56. The van der Waals surface area contributed by atoms with Crippen LogP contribution >= 0.6 is 23.1 Å². The first-order valence-corrected chi connectivity index (χ1v) is 8.25. The molecule has 0 aliphatic carbocycles. The number of aryl methyl sites for hydroxylation is 2. The summed E-state index contributed by atoms with van der Waals surface area (Å²) in [5.74, 6) is -0.00146. The molecule has 0 aromatic carbocycles. The van der Waals surface area contributed by atoms with Gasteiger partial charge in [-0.15, -0.1) is 11.3 Å². The first kappa shape index (κ1) is 16.5. The zero-order valence-corrected chi connectivity index (χ0v) is 14.3. The van der Waals surface area contributed by atoms with Gasteiger partial charge < -0.3 is 11.1 Å². The van der Waals surface area contributed by atoms with Crippen molar-refractivity contribution in [3.05, 3.63) is 10.4 Å². The van der Waals surface area contributed by atoms with Gasteiger partial charge >= 0.3 is 6.03 Å². The Hall–Kier alpha value is -1.87. The highest BCUT2D eigenvalue weighted by molar-refractivity contribution is 8.00. The van der Waals surface area contributed by atoms with E-state index in [0.717, 1.165) is 32.4 Å². The van der Waals surface area contributed by atoms with E-state index in [1.807, 2.05) is 13.8 Å². The van der Waals surface area contributed by atoms with Crippen LogP contribution in [-0.4, -0.2) is 34.2 Å². The Labute approximate surface area is 136 Å². The molecule has 0 unspecified atom stereocenters. The Bertz CT molecular complexity index is 744. The topological polar surface area (TPSA) is 110 Å². The summed E-state index contributed by atoms with van der Waals surface area (Å²) in [5, 5.41) is 5.32. The number of nitrogen functional groups attached to an aromatic ring is 1. The SMILES string of the molecule is CNC(=O)NC(=O)[C@H](C)Sc1nc(N)c2c(C)c(C)sc2n1. The molecule has 0 fully saturated rings. The lowest BCUT2D eigenvalue weighted by atomic mass is 10.2. The van der Waals surface area contributed by atoms with Gasteiger partial charge in [-0.2, -0.15) is 0 Å². The van der Waals surface area contributed by atoms with Crippen molar-refractivity contribution >= 4 is 51.1 Å². The maximum absolute atomic E-state index is 11.8. The first-order chi connectivity index (χ1) is 10.3. The van der Waals surface area contributed by atoms with Gasteiger partial charge in [0, 0.05) is 11.9 Å². The molecule has 118 valence electrons. The molecule has 1 atom stereocenters. The summed E-state index contributed by atoms with van der Waals surface area (Å²) in [6.07, 6.45) is 0. The molecule has 0 radical (unpaired) electrons. The van der Waals surface area contributed by atoms with Crippen LogP contribution in [-0.2, 0) is 4.79 Å². The number of hydrogen-bond donors (Lipinski definition) is 3. The number of aromatic nitrogens is 2. The van der Waals surface area contributed by atoms with Crippen LogP contribution in [0.25, 0.3) is 10.2 Å². The van der Waals surface area contributed by atoms with Gasteiger partial charge in [0.25, 0.3) is 0 Å². The molecule has 3 amide bonds. The highest BCUT2D eigenvalue weighted by Gasteiger charge is 2.20. The Morgan fingerprint density at radius 3 is 2.64 bits per heavy atom. The van der Waals surface area contributed by atoms with E-state index in [1.54, 1.807) is 18.3 Å². The van der Waals surface area contributed by atoms with Gasteiger partial charge in [-0.25, -0.2) is 14.8 Å². The zero-order valence-electron chi connectivity index (χ0n) is 12.7. The minimum atomic E-state index is -0.544. The number of fused-ring (bicyclic) bond motifs is 1. The lowest BCUT2D eigenvalue weighted by molar-refractivity contribution is -0.119. The number of nitrogens with two attached hydrogens (primary N) is 1. The molecule has 0 spiro atoms. The van der Waals surface area contributed by atoms with Crippen LogP contribution in [0, 0.1) is 13.8 Å². The number of imide groups is 1. The molecular weight excluding hydrogens is 322 g/mol. The summed E-state index contributed by atoms with van der Waals surface area (Å²) in [4.78, 5) is 33.6. The molecule has 2 aromatic rings. The van der Waals surface area contributed by atoms with E-state index in [1.165, 1.54) is 7.05 Å². The number of carbonyl (C=O) groups is 2. The van der Waals surface area contributed by atoms with Gasteiger partial charge in [-0.05, 0) is 26.3 Å². The van der Waals surface area contributed by atoms with E-state index in [-0.39, 0.29) is 0 Å². The van der Waals surface area contributed by atoms with Crippen LogP contribution in [0.1, 0.15) is 17.4 Å². The monoisotopic (exact) mass is 339 g/mol. The van der Waals surface area contributed by atoms with Crippen LogP contribution in [0.2, 0.25) is 0 Å². The van der Waals surface area contributed by atoms with Crippen LogP contribution in [0.4, 0.5) is 10.6 Å². The van der Waals surface area contributed by atoms with Crippen molar-refractivity contribution < 1.29 is 9.59 Å². The molecule has 2 aromatic heterocycles. The highest BCUT2D eigenvalue weighted by Crippen LogP contribution is 2.34. The van der Waals surface area contributed by atoms with Crippen molar-refractivity contribution in [3.63, 3.8) is 0 Å². The van der Waals surface area contributed by atoms with E-state index in [4.69, 9.17) is 5.73 Å². The van der Waals surface area contributed by atoms with Gasteiger partial charge in [0.1, 0.15) is 10.6 Å². The minimum Gasteiger partial charge on any atom is -0.383 e. The molecule has 2 rings (SSSR count). The average Bonchev–Trinajstić information content (AvgIpc) is 2.73. The highest BCUT2D eigenvalue weighted by atomic mass is 32.2. The Kier molecular flexibility index (Phi) is 4.87. The van der Waals surface area contributed by atoms with E-state index in [9.17, 15) is 9.59 Å². The van der Waals surface area contributed by atoms with Crippen molar-refractivity contribution in [3.8, 4) is 0 Å². The number of urea groups is 1. The summed E-state index contributed by atoms with van der Waals surface area (Å²) in [7, 11) is 1.44. The third-order valence-corrected chi connectivity index (χ3v) is 5.21. The van der Waals surface area contributed by atoms with E-state index >= 15 is 0 Å². The lowest BCUT2D eigenvalue weighted by Gasteiger charge is -2.10. The fourth-order valence-electron chi connectivity index (χ4n) is 1.80. The molecule has 0 aliphatic rings. The largest absolute Gasteiger partial charge is 0.383 e. The molecule has 2 heterocycles. The molecule has 7 nitrogen and oxygen atoms in total. The normalized spacial score (nSPS) is 12.2. The average molecular weight is 339 g/mol. The third-order valence-electron chi connectivity index (χ3n) is 3.15. The fraction of sp³-hybridized carbons (Fsp3) is 0.385. The maximum Gasteiger partial charge on any atom is 0.321 e. The Balaban J connectivity index is 2.21. The summed E-state index contributed by atoms with van der Waals surface area (Å²) in [6, 6.07) is -0.544. The molecule has 4 N–H and O–H groups in total. The van der Waals surface area contributed by atoms with E-state index in [0.29, 0.717) is 11.0 Å². The van der Waals surface area contributed by atoms with Gasteiger partial charge in [0.05, 0.1) is 10.6 Å².